The van der Waals surface area contributed by atoms with Crippen LogP contribution in [0, 0.1) is 0 Å². The van der Waals surface area contributed by atoms with Crippen LogP contribution in [-0.2, 0) is 28.9 Å². The third-order valence-corrected chi connectivity index (χ3v) is 7.59. The summed E-state index contributed by atoms with van der Waals surface area (Å²) in [5.74, 6) is -0.494. The molecule has 3 heterocycles. The van der Waals surface area contributed by atoms with Gasteiger partial charge in [-0.25, -0.2) is 18.2 Å². The number of piperidine rings is 1. The standard InChI is InChI=1S/C21H23N5O5S/c1-24-18-16(20(28)25(2)21(24)29)12-14(13-22-18)23-19(27)17-10-6-7-11-26(17)32(30,31)15-8-4-3-5-9-15/h3-5,8-9,12-13,17H,6-7,10-11H2,1-2H3,(H,23,27). The Hall–Kier alpha value is -3.31. The first-order valence-corrected chi connectivity index (χ1v) is 11.6. The van der Waals surface area contributed by atoms with Gasteiger partial charge in [0.05, 0.1) is 22.2 Å². The highest BCUT2D eigenvalue weighted by molar-refractivity contribution is 7.89. The lowest BCUT2D eigenvalue weighted by molar-refractivity contribution is -0.120. The zero-order valence-corrected chi connectivity index (χ0v) is 18.5. The molecule has 1 aliphatic rings. The van der Waals surface area contributed by atoms with Crippen molar-refractivity contribution in [2.24, 2.45) is 14.1 Å². The van der Waals surface area contributed by atoms with E-state index in [2.05, 4.69) is 10.3 Å². The highest BCUT2D eigenvalue weighted by Crippen LogP contribution is 2.26. The van der Waals surface area contributed by atoms with E-state index in [4.69, 9.17) is 0 Å². The van der Waals surface area contributed by atoms with E-state index in [0.717, 1.165) is 11.0 Å². The van der Waals surface area contributed by atoms with Crippen LogP contribution in [-0.4, -0.2) is 45.3 Å². The van der Waals surface area contributed by atoms with Crippen LogP contribution in [0.25, 0.3) is 11.0 Å². The Labute approximate surface area is 184 Å². The maximum absolute atomic E-state index is 13.1. The molecular formula is C21H23N5O5S. The van der Waals surface area contributed by atoms with Crippen molar-refractivity contribution in [3.8, 4) is 0 Å². The second-order valence-corrected chi connectivity index (χ2v) is 9.62. The molecule has 0 saturated carbocycles. The monoisotopic (exact) mass is 457 g/mol. The predicted molar refractivity (Wildman–Crippen MR) is 119 cm³/mol. The summed E-state index contributed by atoms with van der Waals surface area (Å²) in [5, 5.41) is 2.87. The zero-order chi connectivity index (χ0) is 23.0. The van der Waals surface area contributed by atoms with Gasteiger partial charge in [0.1, 0.15) is 11.7 Å². The van der Waals surface area contributed by atoms with Crippen molar-refractivity contribution in [3.63, 3.8) is 0 Å². The molecule has 10 nitrogen and oxygen atoms in total. The van der Waals surface area contributed by atoms with Crippen molar-refractivity contribution in [2.45, 2.75) is 30.2 Å². The topological polar surface area (TPSA) is 123 Å². The number of carbonyl (C=O) groups excluding carboxylic acids is 1. The Morgan fingerprint density at radius 1 is 1.09 bits per heavy atom. The molecule has 32 heavy (non-hydrogen) atoms. The largest absolute Gasteiger partial charge is 0.332 e. The lowest BCUT2D eigenvalue weighted by atomic mass is 10.0. The minimum absolute atomic E-state index is 0.136. The van der Waals surface area contributed by atoms with Crippen molar-refractivity contribution in [1.82, 2.24) is 18.4 Å². The molecule has 1 N–H and O–H groups in total. The number of sulfonamides is 1. The molecule has 0 radical (unpaired) electrons. The lowest BCUT2D eigenvalue weighted by Gasteiger charge is -2.33. The van der Waals surface area contributed by atoms with Crippen LogP contribution < -0.4 is 16.6 Å². The quantitative estimate of drug-likeness (QED) is 0.619. The van der Waals surface area contributed by atoms with E-state index in [-0.39, 0.29) is 28.2 Å². The number of pyridine rings is 1. The summed E-state index contributed by atoms with van der Waals surface area (Å²) in [5.41, 5.74) is -0.587. The number of carbonyl (C=O) groups is 1. The molecule has 1 fully saturated rings. The van der Waals surface area contributed by atoms with Gasteiger partial charge in [-0.15, -0.1) is 0 Å². The smallest absolute Gasteiger partial charge is 0.323 e. The molecule has 1 aromatic carbocycles. The van der Waals surface area contributed by atoms with Crippen molar-refractivity contribution >= 4 is 32.7 Å². The minimum atomic E-state index is -3.84. The normalized spacial score (nSPS) is 17.4. The van der Waals surface area contributed by atoms with Gasteiger partial charge in [-0.3, -0.25) is 18.7 Å². The maximum Gasteiger partial charge on any atom is 0.332 e. The van der Waals surface area contributed by atoms with Crippen LogP contribution >= 0.6 is 0 Å². The molecule has 4 rings (SSSR count). The summed E-state index contributed by atoms with van der Waals surface area (Å²) in [6.45, 7) is 0.244. The average molecular weight is 458 g/mol. The summed E-state index contributed by atoms with van der Waals surface area (Å²) < 4.78 is 29.7. The second kappa shape index (κ2) is 8.32. The SMILES string of the molecule is Cn1c(=O)c2cc(NC(=O)C3CCCCN3S(=O)(=O)c3ccccc3)cnc2n(C)c1=O. The molecule has 0 bridgehead atoms. The zero-order valence-electron chi connectivity index (χ0n) is 17.7. The van der Waals surface area contributed by atoms with Gasteiger partial charge in [0, 0.05) is 20.6 Å². The number of amides is 1. The minimum Gasteiger partial charge on any atom is -0.323 e. The van der Waals surface area contributed by atoms with Gasteiger partial charge in [-0.1, -0.05) is 24.6 Å². The van der Waals surface area contributed by atoms with E-state index < -0.39 is 33.2 Å². The molecular weight excluding hydrogens is 434 g/mol. The van der Waals surface area contributed by atoms with Crippen molar-refractivity contribution in [3.05, 3.63) is 63.4 Å². The fourth-order valence-electron chi connectivity index (χ4n) is 3.94. The van der Waals surface area contributed by atoms with Crippen LogP contribution in [0.4, 0.5) is 5.69 Å². The van der Waals surface area contributed by atoms with E-state index in [1.165, 1.54) is 47.4 Å². The first-order valence-electron chi connectivity index (χ1n) is 10.2. The molecule has 2 aromatic heterocycles. The Morgan fingerprint density at radius 3 is 2.53 bits per heavy atom. The number of hydrogen-bond donors (Lipinski definition) is 1. The van der Waals surface area contributed by atoms with Gasteiger partial charge < -0.3 is 5.32 Å². The number of fused-ring (bicyclic) bond motifs is 1. The van der Waals surface area contributed by atoms with E-state index in [1.807, 2.05) is 0 Å². The summed E-state index contributed by atoms with van der Waals surface area (Å²) in [4.78, 5) is 41.9. The lowest BCUT2D eigenvalue weighted by Crippen LogP contribution is -2.49. The molecule has 1 unspecified atom stereocenters. The number of aryl methyl sites for hydroxylation is 1. The van der Waals surface area contributed by atoms with Gasteiger partial charge in [-0.2, -0.15) is 4.31 Å². The first-order chi connectivity index (χ1) is 15.2. The van der Waals surface area contributed by atoms with E-state index in [0.29, 0.717) is 12.8 Å². The maximum atomic E-state index is 13.1. The Balaban J connectivity index is 1.66. The molecule has 1 atom stereocenters. The summed E-state index contributed by atoms with van der Waals surface area (Å²) in [6.07, 6.45) is 3.11. The van der Waals surface area contributed by atoms with Gasteiger partial charge in [0.25, 0.3) is 5.56 Å². The van der Waals surface area contributed by atoms with Crippen molar-refractivity contribution in [1.29, 1.82) is 0 Å². The van der Waals surface area contributed by atoms with Crippen LogP contribution in [0.3, 0.4) is 0 Å². The molecule has 1 aliphatic heterocycles. The van der Waals surface area contributed by atoms with Gasteiger partial charge >= 0.3 is 5.69 Å². The number of hydrogen-bond acceptors (Lipinski definition) is 6. The highest BCUT2D eigenvalue weighted by Gasteiger charge is 2.37. The Bertz CT molecular complexity index is 1410. The highest BCUT2D eigenvalue weighted by atomic mass is 32.2. The molecule has 1 amide bonds. The summed E-state index contributed by atoms with van der Waals surface area (Å²) in [6, 6.07) is 8.58. The van der Waals surface area contributed by atoms with Gasteiger partial charge in [-0.05, 0) is 31.0 Å². The molecule has 11 heteroatoms. The fourth-order valence-corrected chi connectivity index (χ4v) is 5.62. The third kappa shape index (κ3) is 3.73. The fraction of sp³-hybridized carbons (Fsp3) is 0.333. The number of benzene rings is 1. The van der Waals surface area contributed by atoms with Crippen LogP contribution in [0.5, 0.6) is 0 Å². The molecule has 0 aliphatic carbocycles. The third-order valence-electron chi connectivity index (χ3n) is 5.67. The van der Waals surface area contributed by atoms with Crippen molar-refractivity contribution in [2.75, 3.05) is 11.9 Å². The van der Waals surface area contributed by atoms with Crippen molar-refractivity contribution < 1.29 is 13.2 Å². The number of nitrogens with zero attached hydrogens (tertiary/aromatic N) is 4. The summed E-state index contributed by atoms with van der Waals surface area (Å²) >= 11 is 0. The van der Waals surface area contributed by atoms with Crippen LogP contribution in [0.2, 0.25) is 0 Å². The second-order valence-electron chi connectivity index (χ2n) is 7.73. The van der Waals surface area contributed by atoms with E-state index in [1.54, 1.807) is 18.2 Å². The van der Waals surface area contributed by atoms with E-state index in [9.17, 15) is 22.8 Å². The molecule has 1 saturated heterocycles. The van der Waals surface area contributed by atoms with E-state index >= 15 is 0 Å². The van der Waals surface area contributed by atoms with Crippen LogP contribution in [0.15, 0.2) is 57.1 Å². The number of aromatic nitrogens is 3. The Kier molecular flexibility index (Phi) is 5.70. The summed E-state index contributed by atoms with van der Waals surface area (Å²) in [7, 11) is -0.972. The van der Waals surface area contributed by atoms with Gasteiger partial charge in [0.2, 0.25) is 15.9 Å². The number of rotatable bonds is 4. The predicted octanol–water partition coefficient (Wildman–Crippen LogP) is 0.814. The average Bonchev–Trinajstić information content (AvgIpc) is 2.82. The molecule has 168 valence electrons. The number of nitrogens with one attached hydrogen (secondary N) is 1. The number of anilines is 1. The van der Waals surface area contributed by atoms with Gasteiger partial charge in [0.15, 0.2) is 0 Å². The Morgan fingerprint density at radius 2 is 1.81 bits per heavy atom. The molecule has 3 aromatic rings. The molecule has 0 spiro atoms. The van der Waals surface area contributed by atoms with Crippen LogP contribution in [0.1, 0.15) is 19.3 Å². The first kappa shape index (κ1) is 21.9.